The number of anilines is 2. The summed E-state index contributed by atoms with van der Waals surface area (Å²) in [5, 5.41) is 13.4. The van der Waals surface area contributed by atoms with E-state index in [0.717, 1.165) is 66.9 Å². The van der Waals surface area contributed by atoms with Crippen molar-refractivity contribution in [3.8, 4) is 0 Å². The molecule has 30 heavy (non-hydrogen) atoms. The van der Waals surface area contributed by atoms with Gasteiger partial charge in [-0.2, -0.15) is 5.10 Å². The van der Waals surface area contributed by atoms with Crippen molar-refractivity contribution in [2.75, 3.05) is 36.0 Å². The van der Waals surface area contributed by atoms with Crippen LogP contribution in [0.4, 0.5) is 11.6 Å². The van der Waals surface area contributed by atoms with Crippen molar-refractivity contribution in [1.82, 2.24) is 34.2 Å². The van der Waals surface area contributed by atoms with Gasteiger partial charge in [0.15, 0.2) is 11.6 Å². The molecule has 0 bridgehead atoms. The molecule has 0 atom stereocenters. The number of hydrogen-bond donors (Lipinski definition) is 0. The predicted octanol–water partition coefficient (Wildman–Crippen LogP) is 2.35. The molecule has 4 aromatic heterocycles. The Kier molecular flexibility index (Phi) is 4.34. The van der Waals surface area contributed by atoms with Gasteiger partial charge in [-0.25, -0.2) is 14.5 Å². The molecule has 5 rings (SSSR count). The quantitative estimate of drug-likeness (QED) is 0.518. The number of fused-ring (bicyclic) bond motifs is 2. The van der Waals surface area contributed by atoms with E-state index in [4.69, 9.17) is 10.1 Å². The van der Waals surface area contributed by atoms with Gasteiger partial charge in [-0.1, -0.05) is 27.7 Å². The summed E-state index contributed by atoms with van der Waals surface area (Å²) in [6.07, 6.45) is 8.37. The molecule has 9 heteroatoms. The van der Waals surface area contributed by atoms with Crippen molar-refractivity contribution in [3.63, 3.8) is 0 Å². The average Bonchev–Trinajstić information content (AvgIpc) is 3.37. The first-order valence-electron chi connectivity index (χ1n) is 10.5. The van der Waals surface area contributed by atoms with Crippen LogP contribution in [0.1, 0.15) is 39.2 Å². The highest BCUT2D eigenvalue weighted by Gasteiger charge is 2.25. The van der Waals surface area contributed by atoms with Crippen LogP contribution in [0.25, 0.3) is 11.2 Å². The van der Waals surface area contributed by atoms with Crippen LogP contribution in [0.15, 0.2) is 30.9 Å². The Hall–Kier alpha value is -3.23. The predicted molar refractivity (Wildman–Crippen MR) is 116 cm³/mol. The van der Waals surface area contributed by atoms with Crippen LogP contribution in [-0.2, 0) is 11.8 Å². The molecule has 0 N–H and O–H groups in total. The lowest BCUT2D eigenvalue weighted by Crippen LogP contribution is -2.47. The Morgan fingerprint density at radius 1 is 0.900 bits per heavy atom. The van der Waals surface area contributed by atoms with Gasteiger partial charge in [-0.05, 0) is 6.07 Å². The summed E-state index contributed by atoms with van der Waals surface area (Å²) in [6, 6.07) is 2.17. The normalized spacial score (nSPS) is 15.5. The maximum atomic E-state index is 4.76. The highest BCUT2D eigenvalue weighted by atomic mass is 15.3. The Morgan fingerprint density at radius 2 is 1.57 bits per heavy atom. The van der Waals surface area contributed by atoms with Crippen molar-refractivity contribution in [2.24, 2.45) is 0 Å². The molecular formula is C21H27N9. The Morgan fingerprint density at radius 3 is 2.27 bits per heavy atom. The molecule has 5 heterocycles. The second-order valence-corrected chi connectivity index (χ2v) is 8.75. The number of nitrogens with zero attached hydrogens (tertiary/aromatic N) is 9. The number of rotatable bonds is 3. The second kappa shape index (κ2) is 6.93. The van der Waals surface area contributed by atoms with Crippen LogP contribution in [0.2, 0.25) is 0 Å². The minimum atomic E-state index is 0.00191. The van der Waals surface area contributed by atoms with Gasteiger partial charge in [-0.3, -0.25) is 4.40 Å². The van der Waals surface area contributed by atoms with Gasteiger partial charge in [0.2, 0.25) is 5.65 Å². The van der Waals surface area contributed by atoms with E-state index in [-0.39, 0.29) is 5.41 Å². The summed E-state index contributed by atoms with van der Waals surface area (Å²) >= 11 is 0. The summed E-state index contributed by atoms with van der Waals surface area (Å²) in [6.45, 7) is 12.1. The third kappa shape index (κ3) is 3.05. The lowest BCUT2D eigenvalue weighted by molar-refractivity contribution is 0.562. The second-order valence-electron chi connectivity index (χ2n) is 8.75. The van der Waals surface area contributed by atoms with E-state index in [1.54, 1.807) is 0 Å². The minimum absolute atomic E-state index is 0.00191. The van der Waals surface area contributed by atoms with Crippen molar-refractivity contribution in [3.05, 3.63) is 42.4 Å². The van der Waals surface area contributed by atoms with Crippen LogP contribution in [0.3, 0.4) is 0 Å². The van der Waals surface area contributed by atoms with Gasteiger partial charge in [0.25, 0.3) is 0 Å². The van der Waals surface area contributed by atoms with Crippen LogP contribution in [0.5, 0.6) is 0 Å². The average molecular weight is 406 g/mol. The SMILES string of the molecule is CCc1nnc2c(N3CCN(c4nccn5nc(C(C)(C)C)cc45)CC3)nccn12. The Labute approximate surface area is 175 Å². The first kappa shape index (κ1) is 18.8. The fourth-order valence-corrected chi connectivity index (χ4v) is 3.97. The number of aromatic nitrogens is 7. The molecule has 156 valence electrons. The molecule has 4 aromatic rings. The number of piperazine rings is 1. The molecule has 0 saturated carbocycles. The summed E-state index contributed by atoms with van der Waals surface area (Å²) < 4.78 is 3.98. The van der Waals surface area contributed by atoms with E-state index in [9.17, 15) is 0 Å². The fraction of sp³-hybridized carbons (Fsp3) is 0.476. The zero-order valence-electron chi connectivity index (χ0n) is 17.9. The number of aryl methyl sites for hydroxylation is 1. The van der Waals surface area contributed by atoms with Gasteiger partial charge in [-0.15, -0.1) is 10.2 Å². The molecule has 1 saturated heterocycles. The maximum absolute atomic E-state index is 4.76. The third-order valence-corrected chi connectivity index (χ3v) is 5.71. The topological polar surface area (TPSA) is 79.8 Å². The molecule has 0 amide bonds. The van der Waals surface area contributed by atoms with Gasteiger partial charge in [0.05, 0.1) is 5.69 Å². The third-order valence-electron chi connectivity index (χ3n) is 5.71. The van der Waals surface area contributed by atoms with Crippen LogP contribution >= 0.6 is 0 Å². The van der Waals surface area contributed by atoms with E-state index in [2.05, 4.69) is 58.7 Å². The van der Waals surface area contributed by atoms with Crippen LogP contribution in [0, 0.1) is 0 Å². The van der Waals surface area contributed by atoms with E-state index < -0.39 is 0 Å². The van der Waals surface area contributed by atoms with E-state index in [0.29, 0.717) is 0 Å². The van der Waals surface area contributed by atoms with Crippen molar-refractivity contribution >= 4 is 22.8 Å². The summed E-state index contributed by atoms with van der Waals surface area (Å²) in [4.78, 5) is 13.9. The highest BCUT2D eigenvalue weighted by molar-refractivity contribution is 5.70. The molecule has 1 aliphatic heterocycles. The van der Waals surface area contributed by atoms with Gasteiger partial charge in [0.1, 0.15) is 11.3 Å². The van der Waals surface area contributed by atoms with E-state index in [1.165, 1.54) is 0 Å². The minimum Gasteiger partial charge on any atom is -0.351 e. The lowest BCUT2D eigenvalue weighted by atomic mass is 9.92. The molecule has 9 nitrogen and oxygen atoms in total. The molecule has 0 aliphatic carbocycles. The summed E-state index contributed by atoms with van der Waals surface area (Å²) in [5.41, 5.74) is 2.96. The van der Waals surface area contributed by atoms with Gasteiger partial charge in [0, 0.05) is 62.8 Å². The zero-order valence-corrected chi connectivity index (χ0v) is 17.9. The van der Waals surface area contributed by atoms with Crippen LogP contribution in [-0.4, -0.2) is 60.4 Å². The Bertz CT molecular complexity index is 1190. The van der Waals surface area contributed by atoms with Crippen molar-refractivity contribution in [2.45, 2.75) is 39.5 Å². The first-order valence-corrected chi connectivity index (χ1v) is 10.5. The molecule has 0 spiro atoms. The molecule has 0 unspecified atom stereocenters. The smallest absolute Gasteiger partial charge is 0.203 e. The monoisotopic (exact) mass is 405 g/mol. The molecule has 0 aromatic carbocycles. The highest BCUT2D eigenvalue weighted by Crippen LogP contribution is 2.27. The number of hydrogen-bond acceptors (Lipinski definition) is 7. The summed E-state index contributed by atoms with van der Waals surface area (Å²) in [5.74, 6) is 2.84. The standard InChI is InChI=1S/C21H27N9/c1-5-17-24-25-20-19(23-6-8-29(17)20)28-12-10-27(11-13-28)18-15-14-16(21(2,3)4)26-30(15)9-7-22-18/h6-9,14H,5,10-13H2,1-4H3. The fourth-order valence-electron chi connectivity index (χ4n) is 3.97. The first-order chi connectivity index (χ1) is 14.5. The summed E-state index contributed by atoms with van der Waals surface area (Å²) in [7, 11) is 0. The Balaban J connectivity index is 1.40. The largest absolute Gasteiger partial charge is 0.351 e. The molecule has 0 radical (unpaired) electrons. The van der Waals surface area contributed by atoms with E-state index >= 15 is 0 Å². The zero-order chi connectivity index (χ0) is 20.9. The molecule has 1 aliphatic rings. The van der Waals surface area contributed by atoms with Gasteiger partial charge >= 0.3 is 0 Å². The van der Waals surface area contributed by atoms with Crippen molar-refractivity contribution < 1.29 is 0 Å². The molecule has 1 fully saturated rings. The lowest BCUT2D eigenvalue weighted by Gasteiger charge is -2.36. The molecular weight excluding hydrogens is 378 g/mol. The van der Waals surface area contributed by atoms with Gasteiger partial charge < -0.3 is 9.80 Å². The van der Waals surface area contributed by atoms with Crippen LogP contribution < -0.4 is 9.80 Å². The van der Waals surface area contributed by atoms with Crippen molar-refractivity contribution in [1.29, 1.82) is 0 Å². The van der Waals surface area contributed by atoms with E-state index in [1.807, 2.05) is 33.7 Å². The maximum Gasteiger partial charge on any atom is 0.203 e.